The van der Waals surface area contributed by atoms with E-state index in [-0.39, 0.29) is 31.1 Å². The lowest BCUT2D eigenvalue weighted by Crippen LogP contribution is -2.40. The second kappa shape index (κ2) is 13.3. The molecule has 0 aromatic rings. The smallest absolute Gasteiger partial charge is 0.393 e. The molecule has 32 heavy (non-hydrogen) atoms. The Labute approximate surface area is 187 Å². The number of aliphatic hydroxyl groups is 3. The third kappa shape index (κ3) is 9.60. The van der Waals surface area contributed by atoms with Gasteiger partial charge in [0.1, 0.15) is 0 Å². The Morgan fingerprint density at radius 2 is 1.84 bits per heavy atom. The summed E-state index contributed by atoms with van der Waals surface area (Å²) in [5.41, 5.74) is -5.54. The Bertz CT molecular complexity index is 738. The van der Waals surface area contributed by atoms with Gasteiger partial charge >= 0.3 is 15.5 Å². The Hall–Kier alpha value is -1.43. The molecule has 1 saturated carbocycles. The van der Waals surface area contributed by atoms with Crippen LogP contribution in [0.15, 0.2) is 24.3 Å². The number of amides is 1. The molecule has 0 bridgehead atoms. The maximum Gasteiger partial charge on any atom is 0.516 e. The molecular weight excluding hydrogens is 451 g/mol. The molecular formula is C21H34F3NO6S. The summed E-state index contributed by atoms with van der Waals surface area (Å²) in [6.45, 7) is 2.07. The van der Waals surface area contributed by atoms with Gasteiger partial charge in [-0.2, -0.15) is 21.6 Å². The molecule has 0 aromatic heterocycles. The Kier molecular flexibility index (Phi) is 11.9. The predicted molar refractivity (Wildman–Crippen MR) is 114 cm³/mol. The van der Waals surface area contributed by atoms with E-state index in [0.29, 0.717) is 19.3 Å². The molecule has 0 radical (unpaired) electrons. The van der Waals surface area contributed by atoms with Gasteiger partial charge in [-0.25, -0.2) is 4.72 Å². The molecule has 0 saturated heterocycles. The number of alkyl halides is 3. The molecule has 0 heterocycles. The number of halogens is 3. The highest BCUT2D eigenvalue weighted by molar-refractivity contribution is 7.90. The lowest BCUT2D eigenvalue weighted by atomic mass is 9.89. The second-order valence-corrected chi connectivity index (χ2v) is 9.81. The maximum atomic E-state index is 12.2. The average molecular weight is 486 g/mol. The zero-order valence-corrected chi connectivity index (χ0v) is 19.0. The third-order valence-electron chi connectivity index (χ3n) is 5.48. The van der Waals surface area contributed by atoms with Crippen LogP contribution in [0.1, 0.15) is 64.7 Å². The monoisotopic (exact) mass is 485 g/mol. The number of aliphatic hydroxyl groups excluding tert-OH is 3. The van der Waals surface area contributed by atoms with E-state index >= 15 is 0 Å². The summed E-state index contributed by atoms with van der Waals surface area (Å²) in [5, 5.41) is 30.5. The molecule has 0 spiro atoms. The van der Waals surface area contributed by atoms with Crippen molar-refractivity contribution in [2.24, 2.45) is 11.8 Å². The SMILES string of the molecule is CCCCC[C@H](O)C=C[C@@H]1[C@@H](CC=CCCCC(=O)NS(=O)(=O)C(F)(F)F)[C@@H](O)C[C@H]1O. The first kappa shape index (κ1) is 28.6. The van der Waals surface area contributed by atoms with Crippen LogP contribution in [0.25, 0.3) is 0 Å². The van der Waals surface area contributed by atoms with E-state index in [1.165, 1.54) is 0 Å². The van der Waals surface area contributed by atoms with Gasteiger partial charge in [0, 0.05) is 18.8 Å². The number of allylic oxidation sites excluding steroid dienone is 2. The van der Waals surface area contributed by atoms with E-state index in [9.17, 15) is 41.7 Å². The normalized spacial score (nSPS) is 25.6. The van der Waals surface area contributed by atoms with Gasteiger partial charge in [0.05, 0.1) is 18.3 Å². The van der Waals surface area contributed by atoms with Crippen molar-refractivity contribution in [1.82, 2.24) is 4.72 Å². The molecule has 1 fully saturated rings. The Balaban J connectivity index is 2.45. The number of nitrogens with one attached hydrogen (secondary N) is 1. The van der Waals surface area contributed by atoms with Gasteiger partial charge in [-0.3, -0.25) is 4.79 Å². The van der Waals surface area contributed by atoms with Crippen LogP contribution in [-0.2, 0) is 14.8 Å². The first-order valence-electron chi connectivity index (χ1n) is 10.9. The van der Waals surface area contributed by atoms with Crippen molar-refractivity contribution >= 4 is 15.9 Å². The van der Waals surface area contributed by atoms with Crippen LogP contribution in [0.4, 0.5) is 13.2 Å². The summed E-state index contributed by atoms with van der Waals surface area (Å²) in [5.74, 6) is -1.79. The molecule has 0 aromatic carbocycles. The zero-order valence-electron chi connectivity index (χ0n) is 18.2. The van der Waals surface area contributed by atoms with Crippen LogP contribution in [0.5, 0.6) is 0 Å². The van der Waals surface area contributed by atoms with E-state index in [2.05, 4.69) is 6.92 Å². The highest BCUT2D eigenvalue weighted by Crippen LogP contribution is 2.36. The lowest BCUT2D eigenvalue weighted by molar-refractivity contribution is -0.120. The van der Waals surface area contributed by atoms with Crippen LogP contribution in [0, 0.1) is 11.8 Å². The quantitative estimate of drug-likeness (QED) is 0.235. The Morgan fingerprint density at radius 1 is 1.16 bits per heavy atom. The van der Waals surface area contributed by atoms with E-state index in [0.717, 1.165) is 24.0 Å². The molecule has 0 aliphatic heterocycles. The van der Waals surface area contributed by atoms with Crippen molar-refractivity contribution in [1.29, 1.82) is 0 Å². The van der Waals surface area contributed by atoms with Gasteiger partial charge in [-0.05, 0) is 31.6 Å². The minimum absolute atomic E-state index is 0.152. The Morgan fingerprint density at radius 3 is 2.47 bits per heavy atom. The number of sulfonamides is 1. The number of carbonyl (C=O) groups is 1. The fourth-order valence-electron chi connectivity index (χ4n) is 3.67. The first-order chi connectivity index (χ1) is 14.9. The second-order valence-electron chi connectivity index (χ2n) is 8.13. The number of hydrogen-bond donors (Lipinski definition) is 4. The molecule has 4 N–H and O–H groups in total. The number of hydrogen-bond acceptors (Lipinski definition) is 6. The van der Waals surface area contributed by atoms with E-state index < -0.39 is 39.8 Å². The minimum atomic E-state index is -5.68. The van der Waals surface area contributed by atoms with Gasteiger partial charge in [0.2, 0.25) is 5.91 Å². The van der Waals surface area contributed by atoms with Crippen LogP contribution in [-0.4, -0.2) is 53.5 Å². The van der Waals surface area contributed by atoms with Gasteiger partial charge < -0.3 is 15.3 Å². The van der Waals surface area contributed by atoms with Crippen molar-refractivity contribution < 1.29 is 41.7 Å². The predicted octanol–water partition coefficient (Wildman–Crippen LogP) is 2.92. The van der Waals surface area contributed by atoms with Gasteiger partial charge in [-0.15, -0.1) is 0 Å². The van der Waals surface area contributed by atoms with Crippen LogP contribution >= 0.6 is 0 Å². The summed E-state index contributed by atoms with van der Waals surface area (Å²) in [4.78, 5) is 11.4. The van der Waals surface area contributed by atoms with Crippen LogP contribution in [0.3, 0.4) is 0 Å². The highest BCUT2D eigenvalue weighted by Gasteiger charge is 2.46. The van der Waals surface area contributed by atoms with Crippen molar-refractivity contribution in [2.45, 2.75) is 88.5 Å². The summed E-state index contributed by atoms with van der Waals surface area (Å²) >= 11 is 0. The first-order valence-corrected chi connectivity index (χ1v) is 12.4. The van der Waals surface area contributed by atoms with Gasteiger partial charge in [0.15, 0.2) is 0 Å². The molecule has 1 aliphatic rings. The minimum Gasteiger partial charge on any atom is -0.393 e. The maximum absolute atomic E-state index is 12.2. The van der Waals surface area contributed by atoms with Gasteiger partial charge in [0.25, 0.3) is 0 Å². The third-order valence-corrected chi connectivity index (χ3v) is 6.58. The van der Waals surface area contributed by atoms with Crippen molar-refractivity contribution in [3.8, 4) is 0 Å². The van der Waals surface area contributed by atoms with E-state index in [1.807, 2.05) is 0 Å². The van der Waals surface area contributed by atoms with E-state index in [1.54, 1.807) is 24.3 Å². The highest BCUT2D eigenvalue weighted by atomic mass is 32.2. The molecule has 1 aliphatic carbocycles. The number of carbonyl (C=O) groups excluding carboxylic acids is 1. The summed E-state index contributed by atoms with van der Waals surface area (Å²) in [6, 6.07) is 0. The lowest BCUT2D eigenvalue weighted by Gasteiger charge is -2.19. The molecule has 186 valence electrons. The van der Waals surface area contributed by atoms with Crippen molar-refractivity contribution in [3.05, 3.63) is 24.3 Å². The number of rotatable bonds is 13. The van der Waals surface area contributed by atoms with Crippen LogP contribution < -0.4 is 4.72 Å². The molecule has 5 atom stereocenters. The van der Waals surface area contributed by atoms with Crippen molar-refractivity contribution in [2.75, 3.05) is 0 Å². The standard InChI is InChI=1S/C21H34F3NO6S/c1-2-3-6-9-15(26)12-13-17-16(18(27)14-19(17)28)10-7-4-5-8-11-20(29)25-32(30,31)21(22,23)24/h4,7,12-13,15-19,26-28H,2-3,5-6,8-11,14H2,1H3,(H,25,29)/t15-,16+,17+,18-,19+/m0/s1. The van der Waals surface area contributed by atoms with E-state index in [4.69, 9.17) is 0 Å². The van der Waals surface area contributed by atoms with Crippen molar-refractivity contribution in [3.63, 3.8) is 0 Å². The largest absolute Gasteiger partial charge is 0.516 e. The summed E-state index contributed by atoms with van der Waals surface area (Å²) in [7, 11) is -5.68. The molecule has 1 amide bonds. The molecule has 7 nitrogen and oxygen atoms in total. The summed E-state index contributed by atoms with van der Waals surface area (Å²) in [6.07, 6.45) is 9.23. The molecule has 1 rings (SSSR count). The van der Waals surface area contributed by atoms with Gasteiger partial charge in [-0.1, -0.05) is 50.5 Å². The number of unbranched alkanes of at least 4 members (excludes halogenated alkanes) is 3. The molecule has 0 unspecified atom stereocenters. The average Bonchev–Trinajstić information content (AvgIpc) is 2.94. The zero-order chi connectivity index (χ0) is 24.4. The molecule has 11 heteroatoms. The fraction of sp³-hybridized carbons (Fsp3) is 0.762. The fourth-order valence-corrected chi connectivity index (χ4v) is 4.19. The topological polar surface area (TPSA) is 124 Å². The van der Waals surface area contributed by atoms with Crippen LogP contribution in [0.2, 0.25) is 0 Å². The summed E-state index contributed by atoms with van der Waals surface area (Å²) < 4.78 is 59.4.